The van der Waals surface area contributed by atoms with Crippen molar-refractivity contribution in [3.63, 3.8) is 0 Å². The number of rotatable bonds is 0. The second kappa shape index (κ2) is 2.62. The zero-order chi connectivity index (χ0) is 9.42. The molecular weight excluding hydrogens is 174 g/mol. The van der Waals surface area contributed by atoms with E-state index in [9.17, 15) is 9.59 Å². The molecule has 0 saturated heterocycles. The van der Waals surface area contributed by atoms with Gasteiger partial charge in [-0.2, -0.15) is 0 Å². The van der Waals surface area contributed by atoms with Gasteiger partial charge in [0, 0.05) is 5.56 Å². The standard InChI is InChI=1S/C8H7NO4/c10-7-2-9(8(11)12)1-5-3-13-4-6(5)7/h3-4H,1-2H2,(H,11,12). The minimum absolute atomic E-state index is 0.0815. The molecule has 2 heterocycles. The van der Waals surface area contributed by atoms with Gasteiger partial charge < -0.3 is 9.52 Å². The number of hydrogen-bond donors (Lipinski definition) is 1. The number of carboxylic acid groups (broad SMARTS) is 1. The van der Waals surface area contributed by atoms with E-state index >= 15 is 0 Å². The molecule has 68 valence electrons. The Labute approximate surface area is 73.6 Å². The Bertz CT molecular complexity index is 368. The lowest BCUT2D eigenvalue weighted by Crippen LogP contribution is -2.37. The number of carbonyl (C=O) groups is 2. The first-order valence-electron chi connectivity index (χ1n) is 3.74. The van der Waals surface area contributed by atoms with Crippen LogP contribution in [0.2, 0.25) is 0 Å². The summed E-state index contributed by atoms with van der Waals surface area (Å²) in [6.07, 6.45) is 1.68. The van der Waals surface area contributed by atoms with Gasteiger partial charge >= 0.3 is 6.09 Å². The Morgan fingerprint density at radius 3 is 2.92 bits per heavy atom. The van der Waals surface area contributed by atoms with E-state index in [-0.39, 0.29) is 18.9 Å². The number of hydrogen-bond acceptors (Lipinski definition) is 3. The van der Waals surface area contributed by atoms with Crippen LogP contribution < -0.4 is 0 Å². The van der Waals surface area contributed by atoms with E-state index in [0.717, 1.165) is 4.90 Å². The highest BCUT2D eigenvalue weighted by atomic mass is 16.4. The van der Waals surface area contributed by atoms with E-state index in [1.54, 1.807) is 0 Å². The Morgan fingerprint density at radius 1 is 1.46 bits per heavy atom. The number of nitrogens with zero attached hydrogens (tertiary/aromatic N) is 1. The molecule has 0 saturated carbocycles. The van der Waals surface area contributed by atoms with Crippen molar-refractivity contribution in [1.82, 2.24) is 4.90 Å². The van der Waals surface area contributed by atoms with Gasteiger partial charge in [0.15, 0.2) is 5.78 Å². The van der Waals surface area contributed by atoms with E-state index in [1.165, 1.54) is 12.5 Å². The zero-order valence-corrected chi connectivity index (χ0v) is 6.69. The van der Waals surface area contributed by atoms with Gasteiger partial charge in [0.2, 0.25) is 0 Å². The molecule has 0 fully saturated rings. The van der Waals surface area contributed by atoms with Crippen LogP contribution >= 0.6 is 0 Å². The van der Waals surface area contributed by atoms with Crippen LogP contribution in [0.1, 0.15) is 15.9 Å². The highest BCUT2D eigenvalue weighted by Gasteiger charge is 2.27. The van der Waals surface area contributed by atoms with Crippen molar-refractivity contribution in [2.75, 3.05) is 6.54 Å². The van der Waals surface area contributed by atoms with Gasteiger partial charge in [-0.3, -0.25) is 9.69 Å². The average molecular weight is 181 g/mol. The summed E-state index contributed by atoms with van der Waals surface area (Å²) in [5.74, 6) is -0.211. The molecule has 1 aliphatic rings. The molecule has 5 heteroatoms. The smallest absolute Gasteiger partial charge is 0.408 e. The SMILES string of the molecule is O=C1CN(C(=O)O)Cc2cocc21. The van der Waals surface area contributed by atoms with Crippen molar-refractivity contribution in [2.45, 2.75) is 6.54 Å². The molecule has 0 aliphatic carbocycles. The third-order valence-electron chi connectivity index (χ3n) is 2.01. The maximum atomic E-state index is 11.3. The summed E-state index contributed by atoms with van der Waals surface area (Å²) < 4.78 is 4.83. The molecule has 0 spiro atoms. The molecule has 1 aliphatic heterocycles. The maximum Gasteiger partial charge on any atom is 0.408 e. The van der Waals surface area contributed by atoms with Crippen molar-refractivity contribution in [3.8, 4) is 0 Å². The second-order valence-corrected chi connectivity index (χ2v) is 2.87. The number of ketones is 1. The normalized spacial score (nSPS) is 15.7. The predicted octanol–water partition coefficient (Wildman–Crippen LogP) is 0.956. The summed E-state index contributed by atoms with van der Waals surface area (Å²) >= 11 is 0. The van der Waals surface area contributed by atoms with E-state index < -0.39 is 6.09 Å². The average Bonchev–Trinajstić information content (AvgIpc) is 2.51. The van der Waals surface area contributed by atoms with Crippen molar-refractivity contribution in [1.29, 1.82) is 0 Å². The van der Waals surface area contributed by atoms with Crippen LogP contribution in [0.4, 0.5) is 4.79 Å². The van der Waals surface area contributed by atoms with E-state index in [4.69, 9.17) is 9.52 Å². The topological polar surface area (TPSA) is 70.8 Å². The van der Waals surface area contributed by atoms with Crippen molar-refractivity contribution in [2.24, 2.45) is 0 Å². The molecule has 0 atom stereocenters. The molecule has 0 radical (unpaired) electrons. The monoisotopic (exact) mass is 181 g/mol. The lowest BCUT2D eigenvalue weighted by molar-refractivity contribution is 0.0875. The van der Waals surface area contributed by atoms with Crippen LogP contribution in [0.5, 0.6) is 0 Å². The fourth-order valence-corrected chi connectivity index (χ4v) is 1.35. The van der Waals surface area contributed by atoms with Gasteiger partial charge in [0.25, 0.3) is 0 Å². The van der Waals surface area contributed by atoms with Crippen LogP contribution in [0, 0.1) is 0 Å². The van der Waals surface area contributed by atoms with Crippen molar-refractivity contribution >= 4 is 11.9 Å². The summed E-state index contributed by atoms with van der Waals surface area (Å²) in [4.78, 5) is 22.9. The lowest BCUT2D eigenvalue weighted by Gasteiger charge is -2.22. The van der Waals surface area contributed by atoms with E-state index in [1.807, 2.05) is 0 Å². The Kier molecular flexibility index (Phi) is 1.58. The van der Waals surface area contributed by atoms with Crippen LogP contribution in [0.15, 0.2) is 16.9 Å². The molecule has 0 unspecified atom stereocenters. The molecule has 1 N–H and O–H groups in total. The van der Waals surface area contributed by atoms with E-state index in [0.29, 0.717) is 11.1 Å². The molecule has 2 rings (SSSR count). The third kappa shape index (κ3) is 1.18. The molecule has 0 bridgehead atoms. The molecule has 0 aromatic carbocycles. The predicted molar refractivity (Wildman–Crippen MR) is 41.5 cm³/mol. The van der Waals surface area contributed by atoms with E-state index in [2.05, 4.69) is 0 Å². The molecule has 1 amide bonds. The maximum absolute atomic E-state index is 11.3. The van der Waals surface area contributed by atoms with Gasteiger partial charge in [-0.05, 0) is 0 Å². The third-order valence-corrected chi connectivity index (χ3v) is 2.01. The van der Waals surface area contributed by atoms with Gasteiger partial charge in [-0.1, -0.05) is 0 Å². The Balaban J connectivity index is 2.34. The number of Topliss-reactive ketones (excluding diaryl/α,β-unsaturated/α-hetero) is 1. The quantitative estimate of drug-likeness (QED) is 0.647. The zero-order valence-electron chi connectivity index (χ0n) is 6.69. The first-order valence-corrected chi connectivity index (χ1v) is 3.74. The Morgan fingerprint density at radius 2 is 2.23 bits per heavy atom. The fraction of sp³-hybridized carbons (Fsp3) is 0.250. The van der Waals surface area contributed by atoms with Crippen molar-refractivity contribution < 1.29 is 19.1 Å². The van der Waals surface area contributed by atoms with Crippen LogP contribution in [0.3, 0.4) is 0 Å². The number of amides is 1. The summed E-state index contributed by atoms with van der Waals surface area (Å²) in [5, 5.41) is 8.66. The number of carbonyl (C=O) groups excluding carboxylic acids is 1. The van der Waals surface area contributed by atoms with Crippen molar-refractivity contribution in [3.05, 3.63) is 23.7 Å². The number of fused-ring (bicyclic) bond motifs is 1. The Hall–Kier alpha value is -1.78. The summed E-state index contributed by atoms with van der Waals surface area (Å²) in [6, 6.07) is 0. The number of furan rings is 1. The van der Waals surface area contributed by atoms with Gasteiger partial charge in [-0.25, -0.2) is 4.79 Å². The molecule has 1 aromatic rings. The van der Waals surface area contributed by atoms with Crippen LogP contribution in [-0.4, -0.2) is 28.4 Å². The summed E-state index contributed by atoms with van der Waals surface area (Å²) in [6.45, 7) is 0.148. The summed E-state index contributed by atoms with van der Waals surface area (Å²) in [5.41, 5.74) is 1.14. The van der Waals surface area contributed by atoms with Crippen LogP contribution in [0.25, 0.3) is 0 Å². The lowest BCUT2D eigenvalue weighted by atomic mass is 10.1. The fourth-order valence-electron chi connectivity index (χ4n) is 1.35. The minimum atomic E-state index is -1.08. The minimum Gasteiger partial charge on any atom is -0.471 e. The van der Waals surface area contributed by atoms with Gasteiger partial charge in [0.05, 0.1) is 24.9 Å². The molecular formula is C8H7NO4. The molecule has 1 aromatic heterocycles. The van der Waals surface area contributed by atoms with Gasteiger partial charge in [-0.15, -0.1) is 0 Å². The molecule has 13 heavy (non-hydrogen) atoms. The first-order chi connectivity index (χ1) is 6.18. The summed E-state index contributed by atoms with van der Waals surface area (Å²) in [7, 11) is 0. The highest BCUT2D eigenvalue weighted by molar-refractivity contribution is 6.00. The second-order valence-electron chi connectivity index (χ2n) is 2.87. The first kappa shape index (κ1) is 7.85. The molecule has 5 nitrogen and oxygen atoms in total. The highest BCUT2D eigenvalue weighted by Crippen LogP contribution is 2.19. The largest absolute Gasteiger partial charge is 0.471 e. The van der Waals surface area contributed by atoms with Gasteiger partial charge in [0.1, 0.15) is 6.26 Å². The van der Waals surface area contributed by atoms with Crippen LogP contribution in [-0.2, 0) is 6.54 Å².